The maximum absolute atomic E-state index is 11.1. The van der Waals surface area contributed by atoms with Gasteiger partial charge in [0, 0.05) is 29.2 Å². The van der Waals surface area contributed by atoms with Crippen molar-refractivity contribution in [1.82, 2.24) is 4.98 Å². The molecule has 0 radical (unpaired) electrons. The lowest BCUT2D eigenvalue weighted by atomic mass is 10.1. The van der Waals surface area contributed by atoms with E-state index in [1.807, 2.05) is 24.4 Å². The summed E-state index contributed by atoms with van der Waals surface area (Å²) in [5.74, 6) is -0.196. The first-order valence-corrected chi connectivity index (χ1v) is 5.13. The first kappa shape index (κ1) is 10.5. The number of nitrogens with one attached hydrogen (secondary N) is 1. The van der Waals surface area contributed by atoms with E-state index in [4.69, 9.17) is 5.73 Å². The number of aryl methyl sites for hydroxylation is 1. The third-order valence-electron chi connectivity index (χ3n) is 2.62. The van der Waals surface area contributed by atoms with Gasteiger partial charge in [0.25, 0.3) is 0 Å². The van der Waals surface area contributed by atoms with Crippen LogP contribution >= 0.6 is 0 Å². The van der Waals surface area contributed by atoms with Gasteiger partial charge >= 0.3 is 5.97 Å². The van der Waals surface area contributed by atoms with E-state index in [1.54, 1.807) is 0 Å². The number of ether oxygens (including phenoxy) is 1. The molecular weight excluding hydrogens is 204 g/mol. The number of carbonyl (C=O) groups excluding carboxylic acids is 1. The van der Waals surface area contributed by atoms with Crippen molar-refractivity contribution in [2.24, 2.45) is 0 Å². The Balaban J connectivity index is 2.24. The van der Waals surface area contributed by atoms with Crippen LogP contribution in [-0.4, -0.2) is 18.1 Å². The lowest BCUT2D eigenvalue weighted by Crippen LogP contribution is -2.01. The highest BCUT2D eigenvalue weighted by molar-refractivity contribution is 5.86. The van der Waals surface area contributed by atoms with E-state index in [-0.39, 0.29) is 5.97 Å². The smallest absolute Gasteiger partial charge is 0.305 e. The quantitative estimate of drug-likeness (QED) is 0.610. The van der Waals surface area contributed by atoms with Gasteiger partial charge in [0.1, 0.15) is 0 Å². The number of nitrogen functional groups attached to an aromatic ring is 1. The molecule has 0 fully saturated rings. The maximum Gasteiger partial charge on any atom is 0.305 e. The van der Waals surface area contributed by atoms with Crippen LogP contribution in [0, 0.1) is 0 Å². The van der Waals surface area contributed by atoms with Crippen molar-refractivity contribution in [3.8, 4) is 0 Å². The van der Waals surface area contributed by atoms with Crippen LogP contribution < -0.4 is 5.73 Å². The Morgan fingerprint density at radius 1 is 1.50 bits per heavy atom. The third kappa shape index (κ3) is 2.00. The Morgan fingerprint density at radius 2 is 2.31 bits per heavy atom. The molecule has 1 aromatic heterocycles. The first-order chi connectivity index (χ1) is 7.70. The number of carbonyl (C=O) groups is 1. The SMILES string of the molecule is COC(=O)CCc1c[nH]c2ccc(N)cc12. The topological polar surface area (TPSA) is 68.1 Å². The summed E-state index contributed by atoms with van der Waals surface area (Å²) in [4.78, 5) is 14.2. The molecule has 1 heterocycles. The highest BCUT2D eigenvalue weighted by Crippen LogP contribution is 2.22. The number of benzene rings is 1. The minimum atomic E-state index is -0.196. The molecule has 4 heteroatoms. The van der Waals surface area contributed by atoms with Crippen LogP contribution in [0.4, 0.5) is 5.69 Å². The lowest BCUT2D eigenvalue weighted by Gasteiger charge is -1.99. The predicted molar refractivity (Wildman–Crippen MR) is 63.0 cm³/mol. The average molecular weight is 218 g/mol. The molecule has 0 saturated heterocycles. The van der Waals surface area contributed by atoms with Crippen LogP contribution in [0.2, 0.25) is 0 Å². The number of hydrogen-bond acceptors (Lipinski definition) is 3. The number of methoxy groups -OCH3 is 1. The zero-order valence-electron chi connectivity index (χ0n) is 9.12. The number of H-pyrrole nitrogens is 1. The fourth-order valence-corrected chi connectivity index (χ4v) is 1.74. The third-order valence-corrected chi connectivity index (χ3v) is 2.62. The zero-order valence-corrected chi connectivity index (χ0v) is 9.12. The van der Waals surface area contributed by atoms with Crippen LogP contribution in [0.1, 0.15) is 12.0 Å². The standard InChI is InChI=1S/C12H14N2O2/c1-16-12(15)5-2-8-7-14-11-4-3-9(13)6-10(8)11/h3-4,6-7,14H,2,5,13H2,1H3. The molecule has 1 aromatic carbocycles. The molecule has 84 valence electrons. The van der Waals surface area contributed by atoms with Gasteiger partial charge in [-0.1, -0.05) is 0 Å². The van der Waals surface area contributed by atoms with Crippen LogP contribution in [0.5, 0.6) is 0 Å². The van der Waals surface area contributed by atoms with Gasteiger partial charge in [-0.25, -0.2) is 0 Å². The Labute approximate surface area is 93.4 Å². The van der Waals surface area contributed by atoms with Crippen molar-refractivity contribution in [3.05, 3.63) is 30.0 Å². The number of aromatic amines is 1. The second-order valence-corrected chi connectivity index (χ2v) is 3.70. The van der Waals surface area contributed by atoms with Gasteiger partial charge in [-0.2, -0.15) is 0 Å². The number of aromatic nitrogens is 1. The number of fused-ring (bicyclic) bond motifs is 1. The molecular formula is C12H14N2O2. The molecule has 0 unspecified atom stereocenters. The molecule has 0 aliphatic rings. The number of esters is 1. The minimum absolute atomic E-state index is 0.196. The molecule has 0 aliphatic heterocycles. The molecule has 0 spiro atoms. The van der Waals surface area contributed by atoms with Gasteiger partial charge in [-0.05, 0) is 30.2 Å². The van der Waals surface area contributed by atoms with E-state index in [1.165, 1.54) is 7.11 Å². The average Bonchev–Trinajstić information content (AvgIpc) is 2.68. The number of anilines is 1. The van der Waals surface area contributed by atoms with Crippen molar-refractivity contribution < 1.29 is 9.53 Å². The molecule has 0 aliphatic carbocycles. The first-order valence-electron chi connectivity index (χ1n) is 5.13. The Kier molecular flexibility index (Phi) is 2.81. The van der Waals surface area contributed by atoms with Crippen molar-refractivity contribution in [3.63, 3.8) is 0 Å². The molecule has 0 atom stereocenters. The fraction of sp³-hybridized carbons (Fsp3) is 0.250. The normalized spacial score (nSPS) is 10.6. The van der Waals surface area contributed by atoms with Crippen LogP contribution in [0.15, 0.2) is 24.4 Å². The van der Waals surface area contributed by atoms with Crippen molar-refractivity contribution in [1.29, 1.82) is 0 Å². The summed E-state index contributed by atoms with van der Waals surface area (Å²) in [6.45, 7) is 0. The minimum Gasteiger partial charge on any atom is -0.469 e. The summed E-state index contributed by atoms with van der Waals surface area (Å²) in [5.41, 5.74) is 8.58. The molecule has 2 rings (SSSR count). The van der Waals surface area contributed by atoms with Gasteiger partial charge in [0.2, 0.25) is 0 Å². The molecule has 16 heavy (non-hydrogen) atoms. The second-order valence-electron chi connectivity index (χ2n) is 3.70. The lowest BCUT2D eigenvalue weighted by molar-refractivity contribution is -0.140. The number of rotatable bonds is 3. The van der Waals surface area contributed by atoms with E-state index in [2.05, 4.69) is 9.72 Å². The van der Waals surface area contributed by atoms with E-state index >= 15 is 0 Å². The molecule has 3 N–H and O–H groups in total. The summed E-state index contributed by atoms with van der Waals surface area (Å²) in [6, 6.07) is 5.70. The van der Waals surface area contributed by atoms with E-state index in [0.29, 0.717) is 12.8 Å². The number of hydrogen-bond donors (Lipinski definition) is 2. The number of nitrogens with two attached hydrogens (primary N) is 1. The fourth-order valence-electron chi connectivity index (χ4n) is 1.74. The van der Waals surface area contributed by atoms with Crippen LogP contribution in [0.25, 0.3) is 10.9 Å². The summed E-state index contributed by atoms with van der Waals surface area (Å²) >= 11 is 0. The van der Waals surface area contributed by atoms with E-state index < -0.39 is 0 Å². The summed E-state index contributed by atoms with van der Waals surface area (Å²) in [5, 5.41) is 1.07. The summed E-state index contributed by atoms with van der Waals surface area (Å²) < 4.78 is 4.61. The predicted octanol–water partition coefficient (Wildman–Crippen LogP) is 1.86. The van der Waals surface area contributed by atoms with Crippen LogP contribution in [-0.2, 0) is 16.0 Å². The zero-order chi connectivity index (χ0) is 11.5. The molecule has 2 aromatic rings. The van der Waals surface area contributed by atoms with Crippen molar-refractivity contribution in [2.45, 2.75) is 12.8 Å². The van der Waals surface area contributed by atoms with Gasteiger partial charge in [-0.15, -0.1) is 0 Å². The highest BCUT2D eigenvalue weighted by atomic mass is 16.5. The molecule has 4 nitrogen and oxygen atoms in total. The van der Waals surface area contributed by atoms with Crippen LogP contribution in [0.3, 0.4) is 0 Å². The largest absolute Gasteiger partial charge is 0.469 e. The Bertz CT molecular complexity index is 517. The molecule has 0 bridgehead atoms. The van der Waals surface area contributed by atoms with Gasteiger partial charge in [-0.3, -0.25) is 4.79 Å². The monoisotopic (exact) mass is 218 g/mol. The highest BCUT2D eigenvalue weighted by Gasteiger charge is 2.06. The Morgan fingerprint density at radius 3 is 3.06 bits per heavy atom. The Hall–Kier alpha value is -1.97. The van der Waals surface area contributed by atoms with Crippen molar-refractivity contribution in [2.75, 3.05) is 12.8 Å². The van der Waals surface area contributed by atoms with E-state index in [9.17, 15) is 4.79 Å². The van der Waals surface area contributed by atoms with E-state index in [0.717, 1.165) is 22.2 Å². The second kappa shape index (κ2) is 4.26. The van der Waals surface area contributed by atoms with Gasteiger partial charge in [0.15, 0.2) is 0 Å². The molecule has 0 amide bonds. The van der Waals surface area contributed by atoms with Gasteiger partial charge in [0.05, 0.1) is 7.11 Å². The summed E-state index contributed by atoms with van der Waals surface area (Å²) in [7, 11) is 1.40. The molecule has 0 saturated carbocycles. The summed E-state index contributed by atoms with van der Waals surface area (Å²) in [6.07, 6.45) is 2.96. The maximum atomic E-state index is 11.1. The van der Waals surface area contributed by atoms with Gasteiger partial charge < -0.3 is 15.5 Å². The van der Waals surface area contributed by atoms with Crippen molar-refractivity contribution >= 4 is 22.6 Å².